The van der Waals surface area contributed by atoms with Crippen molar-refractivity contribution in [1.82, 2.24) is 4.90 Å². The van der Waals surface area contributed by atoms with E-state index in [1.54, 1.807) is 25.3 Å². The Kier molecular flexibility index (Phi) is 6.02. The number of likely N-dealkylation sites (tertiary alicyclic amines) is 1. The highest BCUT2D eigenvalue weighted by Gasteiger charge is 2.29. The minimum atomic E-state index is -0.288. The Bertz CT molecular complexity index is 582. The molecule has 5 nitrogen and oxygen atoms in total. The smallest absolute Gasteiger partial charge is 0.304 e. The van der Waals surface area contributed by atoms with Crippen molar-refractivity contribution in [2.45, 2.75) is 32.9 Å². The minimum absolute atomic E-state index is 0.0276. The molecule has 0 saturated carbocycles. The van der Waals surface area contributed by atoms with Gasteiger partial charge in [-0.2, -0.15) is 0 Å². The summed E-state index contributed by atoms with van der Waals surface area (Å²) in [5, 5.41) is 0.444. The van der Waals surface area contributed by atoms with Crippen LogP contribution in [0.4, 0.5) is 0 Å². The van der Waals surface area contributed by atoms with Crippen molar-refractivity contribution >= 4 is 23.4 Å². The monoisotopic (exact) mass is 339 g/mol. The second-order valence-corrected chi connectivity index (χ2v) is 6.14. The van der Waals surface area contributed by atoms with E-state index in [0.29, 0.717) is 16.3 Å². The minimum Gasteiger partial charge on any atom is -0.495 e. The number of halogens is 1. The number of nitrogens with zero attached hydrogens (tertiary/aromatic N) is 1. The van der Waals surface area contributed by atoms with E-state index >= 15 is 0 Å². The molecule has 1 unspecified atom stereocenters. The number of esters is 1. The zero-order chi connectivity index (χ0) is 17.0. The summed E-state index contributed by atoms with van der Waals surface area (Å²) in [6, 6.07) is 5.13. The lowest BCUT2D eigenvalue weighted by Crippen LogP contribution is -2.43. The summed E-state index contributed by atoms with van der Waals surface area (Å²) < 4.78 is 10.3. The summed E-state index contributed by atoms with van der Waals surface area (Å²) in [5.41, 5.74) is 0.613. The van der Waals surface area contributed by atoms with Crippen molar-refractivity contribution in [3.8, 4) is 5.75 Å². The highest BCUT2D eigenvalue weighted by atomic mass is 35.5. The van der Waals surface area contributed by atoms with E-state index < -0.39 is 0 Å². The van der Waals surface area contributed by atoms with Crippen molar-refractivity contribution in [2.75, 3.05) is 20.2 Å². The molecule has 0 N–H and O–H groups in total. The summed E-state index contributed by atoms with van der Waals surface area (Å²) in [4.78, 5) is 25.7. The molecule has 0 bridgehead atoms. The van der Waals surface area contributed by atoms with Crippen LogP contribution in [0.15, 0.2) is 18.2 Å². The van der Waals surface area contributed by atoms with Crippen molar-refractivity contribution in [1.29, 1.82) is 0 Å². The van der Waals surface area contributed by atoms with Crippen LogP contribution in [-0.4, -0.2) is 43.1 Å². The number of ketones is 1. The van der Waals surface area contributed by atoms with Crippen molar-refractivity contribution in [3.05, 3.63) is 28.8 Å². The lowest BCUT2D eigenvalue weighted by atomic mass is 9.89. The number of carbonyl (C=O) groups excluding carboxylic acids is 2. The fourth-order valence-corrected chi connectivity index (χ4v) is 3.15. The van der Waals surface area contributed by atoms with Gasteiger partial charge in [-0.15, -0.1) is 0 Å². The SMILES string of the molecule is COc1ccc(C(=O)C2CCN(C(C)OC(C)=O)CC2)cc1Cl. The maximum absolute atomic E-state index is 12.6. The molecule has 1 aliphatic rings. The fraction of sp³-hybridized carbons (Fsp3) is 0.529. The van der Waals surface area contributed by atoms with Crippen LogP contribution in [0.5, 0.6) is 5.75 Å². The van der Waals surface area contributed by atoms with E-state index in [0.717, 1.165) is 25.9 Å². The average Bonchev–Trinajstić information content (AvgIpc) is 2.53. The molecule has 1 heterocycles. The number of hydrogen-bond donors (Lipinski definition) is 0. The van der Waals surface area contributed by atoms with Gasteiger partial charge in [0.25, 0.3) is 0 Å². The number of hydrogen-bond acceptors (Lipinski definition) is 5. The van der Waals surface area contributed by atoms with Crippen LogP contribution in [-0.2, 0) is 9.53 Å². The summed E-state index contributed by atoms with van der Waals surface area (Å²) >= 11 is 6.09. The highest BCUT2D eigenvalue weighted by Crippen LogP contribution is 2.28. The van der Waals surface area contributed by atoms with Gasteiger partial charge < -0.3 is 9.47 Å². The van der Waals surface area contributed by atoms with Crippen molar-refractivity contribution < 1.29 is 19.1 Å². The molecule has 6 heteroatoms. The Balaban J connectivity index is 1.95. The van der Waals surface area contributed by atoms with E-state index in [-0.39, 0.29) is 23.9 Å². The molecule has 1 aromatic carbocycles. The molecular weight excluding hydrogens is 318 g/mol. The molecule has 0 aliphatic carbocycles. The molecule has 2 rings (SSSR count). The fourth-order valence-electron chi connectivity index (χ4n) is 2.90. The Morgan fingerprint density at radius 3 is 2.48 bits per heavy atom. The van der Waals surface area contributed by atoms with Crippen LogP contribution >= 0.6 is 11.6 Å². The van der Waals surface area contributed by atoms with E-state index in [9.17, 15) is 9.59 Å². The summed E-state index contributed by atoms with van der Waals surface area (Å²) in [7, 11) is 1.54. The quantitative estimate of drug-likeness (QED) is 0.609. The predicted octanol–water partition coefficient (Wildman–Crippen LogP) is 3.15. The van der Waals surface area contributed by atoms with Crippen molar-refractivity contribution in [2.24, 2.45) is 5.92 Å². The summed E-state index contributed by atoms with van der Waals surface area (Å²) in [6.45, 7) is 4.72. The molecule has 0 spiro atoms. The molecule has 0 radical (unpaired) electrons. The van der Waals surface area contributed by atoms with Gasteiger partial charge in [0.1, 0.15) is 5.75 Å². The molecule has 23 heavy (non-hydrogen) atoms. The number of ether oxygens (including phenoxy) is 2. The van der Waals surface area contributed by atoms with Crippen LogP contribution in [0.1, 0.15) is 37.0 Å². The normalized spacial score (nSPS) is 17.6. The van der Waals surface area contributed by atoms with Crippen LogP contribution in [0.3, 0.4) is 0 Å². The zero-order valence-electron chi connectivity index (χ0n) is 13.7. The third-order valence-electron chi connectivity index (χ3n) is 4.19. The molecule has 1 saturated heterocycles. The lowest BCUT2D eigenvalue weighted by Gasteiger charge is -2.34. The molecule has 1 aliphatic heterocycles. The first-order valence-corrected chi connectivity index (χ1v) is 8.09. The van der Waals surface area contributed by atoms with Gasteiger partial charge in [-0.25, -0.2) is 0 Å². The average molecular weight is 340 g/mol. The number of rotatable bonds is 5. The number of piperidine rings is 1. The van der Waals surface area contributed by atoms with E-state index in [4.69, 9.17) is 21.1 Å². The first-order valence-electron chi connectivity index (χ1n) is 7.71. The van der Waals surface area contributed by atoms with Gasteiger partial charge in [0.05, 0.1) is 12.1 Å². The zero-order valence-corrected chi connectivity index (χ0v) is 14.4. The Labute approximate surface area is 141 Å². The van der Waals surface area contributed by atoms with Crippen LogP contribution in [0.25, 0.3) is 0 Å². The van der Waals surface area contributed by atoms with E-state index in [2.05, 4.69) is 4.90 Å². The topological polar surface area (TPSA) is 55.8 Å². The summed E-state index contributed by atoms with van der Waals surface area (Å²) in [5.74, 6) is 0.353. The van der Waals surface area contributed by atoms with Crippen molar-refractivity contribution in [3.63, 3.8) is 0 Å². The second-order valence-electron chi connectivity index (χ2n) is 5.73. The first-order chi connectivity index (χ1) is 10.9. The first kappa shape index (κ1) is 17.8. The summed E-state index contributed by atoms with van der Waals surface area (Å²) in [6.07, 6.45) is 1.24. The number of Topliss-reactive ketones (excluding diaryl/α,β-unsaturated/α-hetero) is 1. The molecule has 0 aromatic heterocycles. The second kappa shape index (κ2) is 7.79. The lowest BCUT2D eigenvalue weighted by molar-refractivity contribution is -0.155. The maximum atomic E-state index is 12.6. The van der Waals surface area contributed by atoms with Gasteiger partial charge in [0.2, 0.25) is 0 Å². The number of benzene rings is 1. The van der Waals surface area contributed by atoms with Gasteiger partial charge in [-0.3, -0.25) is 14.5 Å². The highest BCUT2D eigenvalue weighted by molar-refractivity contribution is 6.32. The Morgan fingerprint density at radius 1 is 1.30 bits per heavy atom. The van der Waals surface area contributed by atoms with Gasteiger partial charge in [0.15, 0.2) is 12.0 Å². The largest absolute Gasteiger partial charge is 0.495 e. The van der Waals surface area contributed by atoms with Crippen LogP contribution in [0, 0.1) is 5.92 Å². The van der Waals surface area contributed by atoms with Gasteiger partial charge >= 0.3 is 5.97 Å². The van der Waals surface area contributed by atoms with Gasteiger partial charge in [-0.1, -0.05) is 11.6 Å². The maximum Gasteiger partial charge on any atom is 0.304 e. The van der Waals surface area contributed by atoms with E-state index in [1.807, 2.05) is 6.92 Å². The molecule has 126 valence electrons. The molecule has 1 fully saturated rings. The van der Waals surface area contributed by atoms with Crippen LogP contribution < -0.4 is 4.74 Å². The number of methoxy groups -OCH3 is 1. The Hall–Kier alpha value is -1.59. The van der Waals surface area contributed by atoms with Gasteiger partial charge in [0, 0.05) is 31.5 Å². The molecule has 1 aromatic rings. The molecular formula is C17H22ClNO4. The third-order valence-corrected chi connectivity index (χ3v) is 4.48. The molecule has 1 atom stereocenters. The number of carbonyl (C=O) groups is 2. The van der Waals surface area contributed by atoms with E-state index in [1.165, 1.54) is 6.92 Å². The van der Waals surface area contributed by atoms with Gasteiger partial charge in [-0.05, 0) is 38.0 Å². The Morgan fingerprint density at radius 2 is 1.96 bits per heavy atom. The predicted molar refractivity (Wildman–Crippen MR) is 87.9 cm³/mol. The molecule has 0 amide bonds. The third kappa shape index (κ3) is 4.45. The standard InChI is InChI=1S/C17H22ClNO4/c1-11(23-12(2)20)19-8-6-13(7-9-19)17(21)14-4-5-16(22-3)15(18)10-14/h4-5,10-11,13H,6-9H2,1-3H3. The van der Waals surface area contributed by atoms with Crippen LogP contribution in [0.2, 0.25) is 5.02 Å².